The molecule has 1 heterocycles. The lowest BCUT2D eigenvalue weighted by Gasteiger charge is -2.26. The van der Waals surface area contributed by atoms with E-state index >= 15 is 0 Å². The smallest absolute Gasteiger partial charge is 0.407 e. The van der Waals surface area contributed by atoms with E-state index in [-0.39, 0.29) is 5.69 Å². The molecule has 26 heavy (non-hydrogen) atoms. The molecule has 136 valence electrons. The molecular formula is C18H18FN3O4. The third kappa shape index (κ3) is 4.02. The number of ether oxygens (including phenoxy) is 1. The summed E-state index contributed by atoms with van der Waals surface area (Å²) in [5.41, 5.74) is 2.76. The zero-order chi connectivity index (χ0) is 18.7. The van der Waals surface area contributed by atoms with Crippen LogP contribution in [0.15, 0.2) is 36.4 Å². The van der Waals surface area contributed by atoms with E-state index < -0.39 is 17.9 Å². The average molecular weight is 359 g/mol. The SMILES string of the molecule is COc1cc(F)cc(NC(=O)Nc2ccc3c(c2)CCN(C(=O)O)C3)c1. The minimum Gasteiger partial charge on any atom is -0.497 e. The van der Waals surface area contributed by atoms with E-state index in [1.54, 1.807) is 12.1 Å². The third-order valence-corrected chi connectivity index (χ3v) is 4.11. The largest absolute Gasteiger partial charge is 0.497 e. The summed E-state index contributed by atoms with van der Waals surface area (Å²) in [6.07, 6.45) is -0.359. The Morgan fingerprint density at radius 2 is 1.88 bits per heavy atom. The number of amides is 3. The number of hydrogen-bond acceptors (Lipinski definition) is 3. The zero-order valence-corrected chi connectivity index (χ0v) is 14.1. The number of anilines is 2. The van der Waals surface area contributed by atoms with Gasteiger partial charge in [0.15, 0.2) is 0 Å². The molecule has 3 amide bonds. The maximum atomic E-state index is 13.5. The van der Waals surface area contributed by atoms with Crippen LogP contribution in [-0.4, -0.2) is 35.8 Å². The number of rotatable bonds is 3. The number of hydrogen-bond donors (Lipinski definition) is 3. The van der Waals surface area contributed by atoms with Gasteiger partial charge in [-0.15, -0.1) is 0 Å². The van der Waals surface area contributed by atoms with Gasteiger partial charge < -0.3 is 25.4 Å². The number of nitrogens with zero attached hydrogens (tertiary/aromatic N) is 1. The third-order valence-electron chi connectivity index (χ3n) is 4.11. The molecule has 7 nitrogen and oxygen atoms in total. The van der Waals surface area contributed by atoms with Gasteiger partial charge >= 0.3 is 12.1 Å². The molecule has 1 aliphatic rings. The van der Waals surface area contributed by atoms with Crippen LogP contribution in [0.1, 0.15) is 11.1 Å². The fourth-order valence-corrected chi connectivity index (χ4v) is 2.84. The Kier molecular flexibility index (Phi) is 4.92. The van der Waals surface area contributed by atoms with Crippen LogP contribution in [0.25, 0.3) is 0 Å². The number of benzene rings is 2. The Labute approximate surface area is 149 Å². The maximum Gasteiger partial charge on any atom is 0.407 e. The summed E-state index contributed by atoms with van der Waals surface area (Å²) in [7, 11) is 1.41. The van der Waals surface area contributed by atoms with Crippen molar-refractivity contribution >= 4 is 23.5 Å². The Bertz CT molecular complexity index is 856. The van der Waals surface area contributed by atoms with Gasteiger partial charge in [0.1, 0.15) is 11.6 Å². The Balaban J connectivity index is 1.67. The molecule has 0 bridgehead atoms. The van der Waals surface area contributed by atoms with Crippen molar-refractivity contribution in [1.29, 1.82) is 0 Å². The van der Waals surface area contributed by atoms with E-state index in [2.05, 4.69) is 10.6 Å². The Hall–Kier alpha value is -3.29. The quantitative estimate of drug-likeness (QED) is 0.782. The zero-order valence-electron chi connectivity index (χ0n) is 14.1. The number of carbonyl (C=O) groups is 2. The second-order valence-corrected chi connectivity index (χ2v) is 5.90. The van der Waals surface area contributed by atoms with E-state index in [4.69, 9.17) is 9.84 Å². The summed E-state index contributed by atoms with van der Waals surface area (Å²) < 4.78 is 18.4. The minimum absolute atomic E-state index is 0.273. The summed E-state index contributed by atoms with van der Waals surface area (Å²) in [6.45, 7) is 0.751. The van der Waals surface area contributed by atoms with Gasteiger partial charge in [-0.25, -0.2) is 14.0 Å². The van der Waals surface area contributed by atoms with Crippen LogP contribution < -0.4 is 15.4 Å². The lowest BCUT2D eigenvalue weighted by atomic mass is 9.99. The summed E-state index contributed by atoms with van der Waals surface area (Å²) in [5, 5.41) is 14.3. The van der Waals surface area contributed by atoms with Crippen LogP contribution in [0.4, 0.5) is 25.4 Å². The number of methoxy groups -OCH3 is 1. The van der Waals surface area contributed by atoms with Crippen molar-refractivity contribution < 1.29 is 23.8 Å². The fourth-order valence-electron chi connectivity index (χ4n) is 2.84. The Morgan fingerprint density at radius 1 is 1.12 bits per heavy atom. The molecule has 3 rings (SSSR count). The van der Waals surface area contributed by atoms with Crippen LogP contribution in [0.2, 0.25) is 0 Å². The number of halogens is 1. The van der Waals surface area contributed by atoms with Crippen molar-refractivity contribution in [2.75, 3.05) is 24.3 Å². The Morgan fingerprint density at radius 3 is 2.62 bits per heavy atom. The van der Waals surface area contributed by atoms with Crippen molar-refractivity contribution in [3.05, 3.63) is 53.3 Å². The van der Waals surface area contributed by atoms with Crippen molar-refractivity contribution in [3.8, 4) is 5.75 Å². The van der Waals surface area contributed by atoms with Gasteiger partial charge in [0.05, 0.1) is 7.11 Å². The molecule has 0 saturated carbocycles. The molecule has 0 unspecified atom stereocenters. The monoisotopic (exact) mass is 359 g/mol. The van der Waals surface area contributed by atoms with Crippen molar-refractivity contribution in [2.45, 2.75) is 13.0 Å². The summed E-state index contributed by atoms with van der Waals surface area (Å²) in [5.74, 6) is -0.214. The molecule has 0 saturated heterocycles. The molecule has 0 fully saturated rings. The lowest BCUT2D eigenvalue weighted by Crippen LogP contribution is -2.34. The van der Waals surface area contributed by atoms with Crippen molar-refractivity contribution in [2.24, 2.45) is 0 Å². The fraction of sp³-hybridized carbons (Fsp3) is 0.222. The minimum atomic E-state index is -0.942. The molecule has 0 aliphatic carbocycles. The predicted octanol–water partition coefficient (Wildman–Crippen LogP) is 3.51. The van der Waals surface area contributed by atoms with Gasteiger partial charge in [0.25, 0.3) is 0 Å². The summed E-state index contributed by atoms with van der Waals surface area (Å²) in [4.78, 5) is 24.5. The number of fused-ring (bicyclic) bond motifs is 1. The first-order valence-electron chi connectivity index (χ1n) is 7.97. The van der Waals surface area contributed by atoms with E-state index in [0.717, 1.165) is 11.1 Å². The highest BCUT2D eigenvalue weighted by atomic mass is 19.1. The number of carbonyl (C=O) groups excluding carboxylic acids is 1. The van der Waals surface area contributed by atoms with Gasteiger partial charge in [-0.05, 0) is 35.7 Å². The van der Waals surface area contributed by atoms with Crippen LogP contribution >= 0.6 is 0 Å². The molecular weight excluding hydrogens is 341 g/mol. The molecule has 8 heteroatoms. The summed E-state index contributed by atoms with van der Waals surface area (Å²) in [6, 6.07) is 8.72. The first-order chi connectivity index (χ1) is 12.4. The van der Waals surface area contributed by atoms with E-state index in [0.29, 0.717) is 30.9 Å². The van der Waals surface area contributed by atoms with Crippen LogP contribution in [0, 0.1) is 5.82 Å². The van der Waals surface area contributed by atoms with E-state index in [1.165, 1.54) is 30.2 Å². The van der Waals surface area contributed by atoms with E-state index in [1.807, 2.05) is 6.07 Å². The molecule has 2 aromatic carbocycles. The molecule has 0 atom stereocenters. The molecule has 0 spiro atoms. The molecule has 3 N–H and O–H groups in total. The number of carboxylic acid groups (broad SMARTS) is 1. The second-order valence-electron chi connectivity index (χ2n) is 5.90. The number of nitrogens with one attached hydrogen (secondary N) is 2. The molecule has 1 aliphatic heterocycles. The van der Waals surface area contributed by atoms with Gasteiger partial charge in [-0.2, -0.15) is 0 Å². The topological polar surface area (TPSA) is 90.9 Å². The lowest BCUT2D eigenvalue weighted by molar-refractivity contribution is 0.140. The molecule has 0 aromatic heterocycles. The predicted molar refractivity (Wildman–Crippen MR) is 94.2 cm³/mol. The van der Waals surface area contributed by atoms with E-state index in [9.17, 15) is 14.0 Å². The standard InChI is InChI=1S/C18H18FN3O4/c1-26-16-8-13(19)7-15(9-16)21-17(23)20-14-3-2-12-10-22(18(24)25)5-4-11(12)6-14/h2-3,6-9H,4-5,10H2,1H3,(H,24,25)(H2,20,21,23). The molecule has 2 aromatic rings. The first-order valence-corrected chi connectivity index (χ1v) is 7.97. The molecule has 0 radical (unpaired) electrons. The maximum absolute atomic E-state index is 13.5. The van der Waals surface area contributed by atoms with Gasteiger partial charge in [-0.1, -0.05) is 6.07 Å². The highest BCUT2D eigenvalue weighted by Crippen LogP contribution is 2.23. The second kappa shape index (κ2) is 7.30. The van der Waals surface area contributed by atoms with Gasteiger partial charge in [0.2, 0.25) is 0 Å². The van der Waals surface area contributed by atoms with Crippen molar-refractivity contribution in [1.82, 2.24) is 4.90 Å². The highest BCUT2D eigenvalue weighted by molar-refractivity contribution is 5.99. The van der Waals surface area contributed by atoms with Crippen LogP contribution in [0.3, 0.4) is 0 Å². The van der Waals surface area contributed by atoms with Gasteiger partial charge in [0, 0.05) is 36.6 Å². The van der Waals surface area contributed by atoms with Crippen LogP contribution in [-0.2, 0) is 13.0 Å². The number of urea groups is 1. The van der Waals surface area contributed by atoms with Crippen LogP contribution in [0.5, 0.6) is 5.75 Å². The van der Waals surface area contributed by atoms with Gasteiger partial charge in [-0.3, -0.25) is 0 Å². The highest BCUT2D eigenvalue weighted by Gasteiger charge is 2.20. The normalized spacial score (nSPS) is 12.9. The summed E-state index contributed by atoms with van der Waals surface area (Å²) >= 11 is 0. The first kappa shape index (κ1) is 17.5. The average Bonchev–Trinajstić information content (AvgIpc) is 2.60. The van der Waals surface area contributed by atoms with Crippen molar-refractivity contribution in [3.63, 3.8) is 0 Å².